The van der Waals surface area contributed by atoms with Crippen molar-refractivity contribution in [1.29, 1.82) is 0 Å². The van der Waals surface area contributed by atoms with Crippen LogP contribution in [0.2, 0.25) is 0 Å². The zero-order valence-corrected chi connectivity index (χ0v) is 9.35. The molecular formula is C10H8ClNO2S. The van der Waals surface area contributed by atoms with Crippen LogP contribution in [0.1, 0.15) is 12.8 Å². The molecule has 2 rings (SSSR count). The summed E-state index contributed by atoms with van der Waals surface area (Å²) in [7, 11) is 6.67. The largest absolute Gasteiger partial charge is 0.274 e. The first-order valence-electron chi connectivity index (χ1n) is 4.47. The molecule has 78 valence electrons. The fourth-order valence-corrected chi connectivity index (χ4v) is 2.06. The van der Waals surface area contributed by atoms with Crippen LogP contribution in [-0.4, -0.2) is 11.8 Å². The van der Waals surface area contributed by atoms with Crippen LogP contribution in [0.5, 0.6) is 0 Å². The lowest BCUT2D eigenvalue weighted by molar-refractivity contribution is -0.121. The van der Waals surface area contributed by atoms with Gasteiger partial charge < -0.3 is 0 Å². The van der Waals surface area contributed by atoms with Gasteiger partial charge in [-0.25, -0.2) is 0 Å². The quantitative estimate of drug-likeness (QED) is 0.747. The van der Waals surface area contributed by atoms with E-state index in [0.717, 1.165) is 15.9 Å². The van der Waals surface area contributed by atoms with Crippen molar-refractivity contribution in [3.8, 4) is 0 Å². The van der Waals surface area contributed by atoms with E-state index >= 15 is 0 Å². The monoisotopic (exact) mass is 241 g/mol. The Morgan fingerprint density at radius 2 is 1.60 bits per heavy atom. The molecule has 0 aliphatic carbocycles. The highest BCUT2D eigenvalue weighted by Crippen LogP contribution is 2.27. The van der Waals surface area contributed by atoms with E-state index in [1.54, 1.807) is 24.3 Å². The maximum Gasteiger partial charge on any atom is 0.234 e. The summed E-state index contributed by atoms with van der Waals surface area (Å²) in [6.07, 6.45) is 0.621. The Labute approximate surface area is 95.9 Å². The second kappa shape index (κ2) is 4.24. The summed E-state index contributed by atoms with van der Waals surface area (Å²) in [5.74, 6) is -0.266. The van der Waals surface area contributed by atoms with Crippen molar-refractivity contribution in [3.63, 3.8) is 0 Å². The molecule has 1 saturated heterocycles. The molecule has 1 aliphatic rings. The van der Waals surface area contributed by atoms with Crippen molar-refractivity contribution in [2.75, 3.05) is 4.90 Å². The molecule has 2 amide bonds. The fourth-order valence-electron chi connectivity index (χ4n) is 1.51. The van der Waals surface area contributed by atoms with Crippen molar-refractivity contribution in [1.82, 2.24) is 0 Å². The van der Waals surface area contributed by atoms with Crippen molar-refractivity contribution >= 4 is 39.2 Å². The van der Waals surface area contributed by atoms with E-state index in [1.807, 2.05) is 0 Å². The van der Waals surface area contributed by atoms with Crippen LogP contribution in [0.25, 0.3) is 0 Å². The molecule has 5 heteroatoms. The molecule has 1 aromatic rings. The predicted molar refractivity (Wildman–Crippen MR) is 59.9 cm³/mol. The first-order valence-corrected chi connectivity index (χ1v) is 6.11. The van der Waals surface area contributed by atoms with Gasteiger partial charge >= 0.3 is 0 Å². The van der Waals surface area contributed by atoms with Crippen LogP contribution in [0, 0.1) is 0 Å². The van der Waals surface area contributed by atoms with Crippen LogP contribution in [0.4, 0.5) is 5.69 Å². The fraction of sp³-hybridized carbons (Fsp3) is 0.200. The Morgan fingerprint density at radius 3 is 2.07 bits per heavy atom. The van der Waals surface area contributed by atoms with Crippen LogP contribution < -0.4 is 4.90 Å². The minimum Gasteiger partial charge on any atom is -0.274 e. The molecule has 3 nitrogen and oxygen atoms in total. The summed E-state index contributed by atoms with van der Waals surface area (Å²) in [4.78, 5) is 24.9. The third kappa shape index (κ3) is 2.01. The Balaban J connectivity index is 2.29. The number of imide groups is 1. The van der Waals surface area contributed by atoms with Crippen LogP contribution in [0.15, 0.2) is 29.2 Å². The Bertz CT molecular complexity index is 388. The van der Waals surface area contributed by atoms with Gasteiger partial charge in [0.05, 0.1) is 5.69 Å². The van der Waals surface area contributed by atoms with Gasteiger partial charge in [-0.05, 0) is 45.9 Å². The molecule has 0 spiro atoms. The highest BCUT2D eigenvalue weighted by Gasteiger charge is 2.29. The second-order valence-corrected chi connectivity index (χ2v) is 4.28. The normalized spacial score (nSPS) is 16.2. The number of carbonyl (C=O) groups is 2. The van der Waals surface area contributed by atoms with Gasteiger partial charge in [-0.2, -0.15) is 0 Å². The summed E-state index contributed by atoms with van der Waals surface area (Å²) < 4.78 is 0. The molecule has 1 fully saturated rings. The number of hydrogen-bond donors (Lipinski definition) is 0. The first kappa shape index (κ1) is 10.5. The van der Waals surface area contributed by atoms with E-state index < -0.39 is 0 Å². The van der Waals surface area contributed by atoms with Crippen LogP contribution in [0.3, 0.4) is 0 Å². The zero-order valence-electron chi connectivity index (χ0n) is 7.77. The van der Waals surface area contributed by atoms with Gasteiger partial charge in [-0.15, -0.1) is 0 Å². The topological polar surface area (TPSA) is 37.4 Å². The second-order valence-electron chi connectivity index (χ2n) is 3.19. The zero-order chi connectivity index (χ0) is 10.8. The number of anilines is 1. The molecule has 15 heavy (non-hydrogen) atoms. The SMILES string of the molecule is O=C1CCC(=O)N1c1ccc(SCl)cc1. The van der Waals surface area contributed by atoms with Gasteiger partial charge in [0.15, 0.2) is 0 Å². The molecule has 0 unspecified atom stereocenters. The van der Waals surface area contributed by atoms with E-state index in [0.29, 0.717) is 18.5 Å². The highest BCUT2D eigenvalue weighted by atomic mass is 35.7. The molecule has 0 bridgehead atoms. The van der Waals surface area contributed by atoms with Gasteiger partial charge in [-0.3, -0.25) is 14.5 Å². The van der Waals surface area contributed by atoms with Crippen molar-refractivity contribution in [3.05, 3.63) is 24.3 Å². The summed E-state index contributed by atoms with van der Waals surface area (Å²) in [5, 5.41) is 0. The molecule has 0 saturated carbocycles. The van der Waals surface area contributed by atoms with E-state index in [4.69, 9.17) is 10.7 Å². The molecule has 1 aromatic carbocycles. The third-order valence-corrected chi connectivity index (χ3v) is 3.22. The highest BCUT2D eigenvalue weighted by molar-refractivity contribution is 8.21. The maximum atomic E-state index is 11.4. The number of amides is 2. The van der Waals surface area contributed by atoms with Gasteiger partial charge in [-0.1, -0.05) is 0 Å². The lowest BCUT2D eigenvalue weighted by Gasteiger charge is -2.13. The summed E-state index contributed by atoms with van der Waals surface area (Å²) in [6.45, 7) is 0. The van der Waals surface area contributed by atoms with Gasteiger partial charge in [0.25, 0.3) is 0 Å². The molecule has 0 radical (unpaired) electrons. The predicted octanol–water partition coefficient (Wildman–Crippen LogP) is 2.59. The summed E-state index contributed by atoms with van der Waals surface area (Å²) >= 11 is 0. The lowest BCUT2D eigenvalue weighted by Crippen LogP contribution is -2.28. The van der Waals surface area contributed by atoms with Crippen molar-refractivity contribution < 1.29 is 9.59 Å². The van der Waals surface area contributed by atoms with Crippen LogP contribution in [-0.2, 0) is 9.59 Å². The first-order chi connectivity index (χ1) is 7.22. The molecule has 0 atom stereocenters. The number of hydrogen-bond acceptors (Lipinski definition) is 3. The van der Waals surface area contributed by atoms with Crippen LogP contribution >= 0.6 is 21.7 Å². The van der Waals surface area contributed by atoms with Gasteiger partial charge in [0.1, 0.15) is 0 Å². The number of carbonyl (C=O) groups excluding carboxylic acids is 2. The number of rotatable bonds is 2. The minimum absolute atomic E-state index is 0.133. The Morgan fingerprint density at radius 1 is 1.07 bits per heavy atom. The summed E-state index contributed by atoms with van der Waals surface area (Å²) in [5.41, 5.74) is 0.622. The van der Waals surface area contributed by atoms with Crippen molar-refractivity contribution in [2.45, 2.75) is 17.7 Å². The smallest absolute Gasteiger partial charge is 0.234 e. The lowest BCUT2D eigenvalue weighted by atomic mass is 10.3. The average molecular weight is 242 g/mol. The Kier molecular flexibility index (Phi) is 2.98. The molecule has 1 aliphatic heterocycles. The number of nitrogens with zero attached hydrogens (tertiary/aromatic N) is 1. The average Bonchev–Trinajstić information content (AvgIpc) is 2.59. The van der Waals surface area contributed by atoms with Crippen molar-refractivity contribution in [2.24, 2.45) is 0 Å². The maximum absolute atomic E-state index is 11.4. The van der Waals surface area contributed by atoms with E-state index in [-0.39, 0.29) is 11.8 Å². The molecule has 0 aromatic heterocycles. The van der Waals surface area contributed by atoms with E-state index in [9.17, 15) is 9.59 Å². The molecule has 1 heterocycles. The summed E-state index contributed by atoms with van der Waals surface area (Å²) in [6, 6.07) is 7.02. The molecule has 0 N–H and O–H groups in total. The van der Waals surface area contributed by atoms with Gasteiger partial charge in [0, 0.05) is 17.7 Å². The molecular weight excluding hydrogens is 234 g/mol. The van der Waals surface area contributed by atoms with Gasteiger partial charge in [0.2, 0.25) is 11.8 Å². The number of halogens is 1. The number of benzene rings is 1. The van der Waals surface area contributed by atoms with E-state index in [1.165, 1.54) is 4.90 Å². The van der Waals surface area contributed by atoms with E-state index in [2.05, 4.69) is 0 Å². The third-order valence-electron chi connectivity index (χ3n) is 2.24. The minimum atomic E-state index is -0.133. The standard InChI is InChI=1S/C10H8ClNO2S/c11-15-8-3-1-7(2-4-8)12-9(13)5-6-10(12)14/h1-4H,5-6H2. The Hall–Kier alpha value is -1.000.